The molecule has 0 saturated carbocycles. The topological polar surface area (TPSA) is 84.9 Å². The predicted octanol–water partition coefficient (Wildman–Crippen LogP) is 3.96. The van der Waals surface area contributed by atoms with Crippen molar-refractivity contribution in [3.63, 3.8) is 0 Å². The van der Waals surface area contributed by atoms with Crippen LogP contribution < -0.4 is 10.1 Å². The Kier molecular flexibility index (Phi) is 6.69. The molecule has 1 atom stereocenters. The highest BCUT2D eigenvalue weighted by atomic mass is 16.6. The van der Waals surface area contributed by atoms with Crippen molar-refractivity contribution in [1.29, 1.82) is 0 Å². The Morgan fingerprint density at radius 1 is 1.11 bits per heavy atom. The third kappa shape index (κ3) is 5.71. The van der Waals surface area contributed by atoms with Crippen molar-refractivity contribution in [2.45, 2.75) is 72.4 Å². The van der Waals surface area contributed by atoms with Crippen LogP contribution >= 0.6 is 0 Å². The van der Waals surface area contributed by atoms with E-state index in [1.807, 2.05) is 13.8 Å². The van der Waals surface area contributed by atoms with Crippen LogP contribution in [0.2, 0.25) is 0 Å². The van der Waals surface area contributed by atoms with Crippen LogP contribution in [-0.2, 0) is 14.3 Å². The molecule has 1 aromatic rings. The summed E-state index contributed by atoms with van der Waals surface area (Å²) in [6.45, 7) is 10.9. The number of piperidine rings is 1. The highest BCUT2D eigenvalue weighted by Gasteiger charge is 2.35. The van der Waals surface area contributed by atoms with Gasteiger partial charge in [0.2, 0.25) is 5.91 Å². The molecule has 1 N–H and O–H groups in total. The van der Waals surface area contributed by atoms with Crippen LogP contribution in [0.5, 0.6) is 5.75 Å². The number of hydrogen-bond acceptors (Lipinski definition) is 5. The van der Waals surface area contributed by atoms with E-state index in [2.05, 4.69) is 5.32 Å². The molecule has 1 saturated heterocycles. The van der Waals surface area contributed by atoms with E-state index in [-0.39, 0.29) is 5.91 Å². The Hall–Kier alpha value is -2.57. The average molecular weight is 390 g/mol. The lowest BCUT2D eigenvalue weighted by Gasteiger charge is -2.36. The number of rotatable bonds is 3. The third-order valence-corrected chi connectivity index (χ3v) is 4.45. The number of benzene rings is 1. The number of nitrogens with one attached hydrogen (secondary N) is 1. The van der Waals surface area contributed by atoms with Crippen LogP contribution in [0, 0.1) is 13.8 Å². The predicted molar refractivity (Wildman–Crippen MR) is 106 cm³/mol. The van der Waals surface area contributed by atoms with Gasteiger partial charge in [-0.3, -0.25) is 14.5 Å². The second-order valence-corrected chi connectivity index (χ2v) is 8.20. The third-order valence-electron chi connectivity index (χ3n) is 4.45. The monoisotopic (exact) mass is 390 g/mol. The van der Waals surface area contributed by atoms with Gasteiger partial charge < -0.3 is 14.8 Å². The van der Waals surface area contributed by atoms with Gasteiger partial charge in [0.25, 0.3) is 0 Å². The molecule has 0 aromatic heterocycles. The molecule has 0 aliphatic carbocycles. The first-order chi connectivity index (χ1) is 13.0. The molecule has 0 bridgehead atoms. The van der Waals surface area contributed by atoms with Crippen molar-refractivity contribution in [2.75, 3.05) is 11.9 Å². The molecule has 1 aromatic carbocycles. The number of aryl methyl sites for hydroxylation is 2. The molecular formula is C21H30N2O5. The number of carbonyl (C=O) groups excluding carboxylic acids is 3. The minimum absolute atomic E-state index is 0.239. The van der Waals surface area contributed by atoms with E-state index in [0.717, 1.165) is 24.0 Å². The van der Waals surface area contributed by atoms with Gasteiger partial charge in [0.05, 0.1) is 0 Å². The maximum atomic E-state index is 13.0. The Morgan fingerprint density at radius 3 is 2.25 bits per heavy atom. The molecule has 28 heavy (non-hydrogen) atoms. The van der Waals surface area contributed by atoms with Crippen molar-refractivity contribution in [3.05, 3.63) is 23.3 Å². The zero-order chi connectivity index (χ0) is 21.1. The smallest absolute Gasteiger partial charge is 0.410 e. The first kappa shape index (κ1) is 21.7. The number of esters is 1. The molecule has 7 nitrogen and oxygen atoms in total. The van der Waals surface area contributed by atoms with E-state index in [1.165, 1.54) is 11.8 Å². The van der Waals surface area contributed by atoms with E-state index in [9.17, 15) is 14.4 Å². The van der Waals surface area contributed by atoms with E-state index in [4.69, 9.17) is 9.47 Å². The summed E-state index contributed by atoms with van der Waals surface area (Å²) in [7, 11) is 0. The Morgan fingerprint density at radius 2 is 1.71 bits per heavy atom. The first-order valence-electron chi connectivity index (χ1n) is 9.58. The van der Waals surface area contributed by atoms with E-state index in [0.29, 0.717) is 24.4 Å². The van der Waals surface area contributed by atoms with Gasteiger partial charge in [0, 0.05) is 19.2 Å². The largest absolute Gasteiger partial charge is 0.444 e. The molecule has 1 aliphatic heterocycles. The fourth-order valence-corrected chi connectivity index (χ4v) is 3.30. The van der Waals surface area contributed by atoms with Gasteiger partial charge >= 0.3 is 12.1 Å². The summed E-state index contributed by atoms with van der Waals surface area (Å²) in [5.74, 6) is -0.198. The molecule has 0 unspecified atom stereocenters. The summed E-state index contributed by atoms with van der Waals surface area (Å²) in [6.07, 6.45) is 1.85. The molecule has 0 spiro atoms. The van der Waals surface area contributed by atoms with Gasteiger partial charge in [-0.1, -0.05) is 0 Å². The fourth-order valence-electron chi connectivity index (χ4n) is 3.30. The lowest BCUT2D eigenvalue weighted by atomic mass is 10.0. The molecule has 1 aliphatic rings. The molecule has 7 heteroatoms. The quantitative estimate of drug-likeness (QED) is 0.624. The van der Waals surface area contributed by atoms with Crippen molar-refractivity contribution in [3.8, 4) is 5.75 Å². The van der Waals surface area contributed by atoms with E-state index < -0.39 is 23.7 Å². The molecule has 0 radical (unpaired) electrons. The highest BCUT2D eigenvalue weighted by Crippen LogP contribution is 2.28. The van der Waals surface area contributed by atoms with Crippen LogP contribution in [0.1, 0.15) is 58.1 Å². The normalized spacial score (nSPS) is 17.1. The standard InChI is InChI=1S/C21H30N2O5/c1-13-11-16(27-15(3)24)12-14(2)18(13)22-19(25)17-9-7-8-10-23(17)20(26)28-21(4,5)6/h11-12,17H,7-10H2,1-6H3,(H,22,25)/t17-/m0/s1. The maximum absolute atomic E-state index is 13.0. The summed E-state index contributed by atoms with van der Waals surface area (Å²) in [6, 6.07) is 2.84. The maximum Gasteiger partial charge on any atom is 0.410 e. The summed E-state index contributed by atoms with van der Waals surface area (Å²) < 4.78 is 10.6. The second-order valence-electron chi connectivity index (χ2n) is 8.20. The van der Waals surface area contributed by atoms with E-state index >= 15 is 0 Å². The number of hydrogen-bond donors (Lipinski definition) is 1. The minimum Gasteiger partial charge on any atom is -0.444 e. The summed E-state index contributed by atoms with van der Waals surface area (Å²) in [5.41, 5.74) is 1.61. The van der Waals surface area contributed by atoms with Crippen molar-refractivity contribution >= 4 is 23.7 Å². The fraction of sp³-hybridized carbons (Fsp3) is 0.571. The lowest BCUT2D eigenvalue weighted by molar-refractivity contribution is -0.131. The van der Waals surface area contributed by atoms with Gasteiger partial charge in [-0.2, -0.15) is 0 Å². The molecular weight excluding hydrogens is 360 g/mol. The Labute approximate surface area is 166 Å². The van der Waals surface area contributed by atoms with Gasteiger partial charge in [0.1, 0.15) is 17.4 Å². The molecule has 2 amide bonds. The lowest BCUT2D eigenvalue weighted by Crippen LogP contribution is -2.51. The number of nitrogens with zero attached hydrogens (tertiary/aromatic N) is 1. The van der Waals surface area contributed by atoms with Crippen molar-refractivity contribution < 1.29 is 23.9 Å². The van der Waals surface area contributed by atoms with Gasteiger partial charge in [-0.25, -0.2) is 4.79 Å². The highest BCUT2D eigenvalue weighted by molar-refractivity contribution is 5.98. The zero-order valence-electron chi connectivity index (χ0n) is 17.5. The number of anilines is 1. The SMILES string of the molecule is CC(=O)Oc1cc(C)c(NC(=O)[C@@H]2CCCCN2C(=O)OC(C)(C)C)c(C)c1. The molecule has 1 heterocycles. The Bertz CT molecular complexity index is 744. The number of ether oxygens (including phenoxy) is 2. The van der Waals surface area contributed by atoms with Crippen molar-refractivity contribution in [2.24, 2.45) is 0 Å². The summed E-state index contributed by atoms with van der Waals surface area (Å²) in [5, 5.41) is 2.95. The van der Waals surface area contributed by atoms with Crippen molar-refractivity contribution in [1.82, 2.24) is 4.90 Å². The average Bonchev–Trinajstić information content (AvgIpc) is 2.56. The number of carbonyl (C=O) groups is 3. The van der Waals surface area contributed by atoms with Gasteiger partial charge in [0.15, 0.2) is 0 Å². The summed E-state index contributed by atoms with van der Waals surface area (Å²) >= 11 is 0. The summed E-state index contributed by atoms with van der Waals surface area (Å²) in [4.78, 5) is 38.2. The van der Waals surface area contributed by atoms with Crippen LogP contribution in [-0.4, -0.2) is 41.1 Å². The first-order valence-corrected chi connectivity index (χ1v) is 9.58. The molecule has 1 fully saturated rings. The van der Waals surface area contributed by atoms with Crippen LogP contribution in [0.25, 0.3) is 0 Å². The van der Waals surface area contributed by atoms with Gasteiger partial charge in [-0.15, -0.1) is 0 Å². The number of likely N-dealkylation sites (tertiary alicyclic amines) is 1. The molecule has 2 rings (SSSR count). The second kappa shape index (κ2) is 8.63. The molecule has 154 valence electrons. The Balaban J connectivity index is 2.18. The number of amides is 2. The van der Waals surface area contributed by atoms with Crippen LogP contribution in [0.4, 0.5) is 10.5 Å². The van der Waals surface area contributed by atoms with Crippen LogP contribution in [0.3, 0.4) is 0 Å². The minimum atomic E-state index is -0.616. The zero-order valence-corrected chi connectivity index (χ0v) is 17.5. The van der Waals surface area contributed by atoms with Gasteiger partial charge in [-0.05, 0) is 77.1 Å². The van der Waals surface area contributed by atoms with E-state index in [1.54, 1.807) is 32.9 Å². The van der Waals surface area contributed by atoms with Crippen LogP contribution in [0.15, 0.2) is 12.1 Å².